The number of anilines is 2. The number of aliphatic hydroxyl groups excluding tert-OH is 1. The largest absolute Gasteiger partial charge is 0.395 e. The zero-order chi connectivity index (χ0) is 14.4. The molecule has 5 heteroatoms. The number of nitrogens with one attached hydrogen (secondary N) is 1. The number of carbonyl (C=O) groups is 1. The van der Waals surface area contributed by atoms with Gasteiger partial charge in [-0.25, -0.2) is 0 Å². The molecule has 0 unspecified atom stereocenters. The summed E-state index contributed by atoms with van der Waals surface area (Å²) in [6.07, 6.45) is 3.15. The van der Waals surface area contributed by atoms with Gasteiger partial charge >= 0.3 is 0 Å². The average molecular weight is 271 g/mol. The van der Waals surface area contributed by atoms with Crippen molar-refractivity contribution in [3.8, 4) is 0 Å². The van der Waals surface area contributed by atoms with Crippen molar-refractivity contribution in [3.05, 3.63) is 54.4 Å². The van der Waals surface area contributed by atoms with Gasteiger partial charge in [0.1, 0.15) is 0 Å². The Balaban J connectivity index is 2.02. The second-order valence-electron chi connectivity index (χ2n) is 4.39. The Morgan fingerprint density at radius 2 is 2.05 bits per heavy atom. The Bertz CT molecular complexity index is 555. The number of amides is 1. The van der Waals surface area contributed by atoms with Crippen molar-refractivity contribution in [1.29, 1.82) is 0 Å². The maximum atomic E-state index is 11.9. The van der Waals surface area contributed by atoms with E-state index in [-0.39, 0.29) is 12.5 Å². The van der Waals surface area contributed by atoms with Crippen LogP contribution in [0.2, 0.25) is 0 Å². The van der Waals surface area contributed by atoms with Crippen molar-refractivity contribution in [3.63, 3.8) is 0 Å². The van der Waals surface area contributed by atoms with Crippen molar-refractivity contribution in [2.75, 3.05) is 30.4 Å². The molecule has 0 saturated carbocycles. The number of pyridine rings is 1. The number of benzene rings is 1. The fraction of sp³-hybridized carbons (Fsp3) is 0.200. The van der Waals surface area contributed by atoms with Crippen molar-refractivity contribution in [2.45, 2.75) is 0 Å². The molecule has 2 rings (SSSR count). The van der Waals surface area contributed by atoms with E-state index in [4.69, 9.17) is 5.11 Å². The molecular weight excluding hydrogens is 254 g/mol. The minimum Gasteiger partial charge on any atom is -0.395 e. The van der Waals surface area contributed by atoms with Gasteiger partial charge in [-0.15, -0.1) is 0 Å². The van der Waals surface area contributed by atoms with Gasteiger partial charge in [0.15, 0.2) is 0 Å². The Morgan fingerprint density at radius 3 is 2.65 bits per heavy atom. The fourth-order valence-electron chi connectivity index (χ4n) is 1.78. The highest BCUT2D eigenvalue weighted by molar-refractivity contribution is 6.04. The number of hydrogen-bond acceptors (Lipinski definition) is 4. The number of nitrogens with zero attached hydrogens (tertiary/aromatic N) is 2. The number of rotatable bonds is 5. The average Bonchev–Trinajstić information content (AvgIpc) is 2.49. The van der Waals surface area contributed by atoms with Gasteiger partial charge in [0.2, 0.25) is 0 Å². The highest BCUT2D eigenvalue weighted by Crippen LogP contribution is 2.17. The second kappa shape index (κ2) is 6.68. The number of likely N-dealkylation sites (N-methyl/N-ethyl adjacent to an activating group) is 1. The highest BCUT2D eigenvalue weighted by atomic mass is 16.3. The van der Waals surface area contributed by atoms with Crippen molar-refractivity contribution < 1.29 is 9.90 Å². The minimum absolute atomic E-state index is 0.107. The summed E-state index contributed by atoms with van der Waals surface area (Å²) in [4.78, 5) is 17.8. The lowest BCUT2D eigenvalue weighted by molar-refractivity contribution is 0.102. The molecule has 0 bridgehead atoms. The van der Waals surface area contributed by atoms with E-state index in [0.29, 0.717) is 12.1 Å². The van der Waals surface area contributed by atoms with Crippen molar-refractivity contribution >= 4 is 17.3 Å². The first-order valence-corrected chi connectivity index (χ1v) is 6.34. The van der Waals surface area contributed by atoms with E-state index in [0.717, 1.165) is 11.4 Å². The lowest BCUT2D eigenvalue weighted by Crippen LogP contribution is -2.21. The third-order valence-corrected chi connectivity index (χ3v) is 2.93. The van der Waals surface area contributed by atoms with Crippen molar-refractivity contribution in [1.82, 2.24) is 4.98 Å². The molecule has 5 nitrogen and oxygen atoms in total. The normalized spacial score (nSPS) is 10.1. The Morgan fingerprint density at radius 1 is 1.30 bits per heavy atom. The van der Waals surface area contributed by atoms with E-state index in [9.17, 15) is 4.79 Å². The molecule has 0 aliphatic heterocycles. The number of carbonyl (C=O) groups excluding carboxylic acids is 1. The van der Waals surface area contributed by atoms with Gasteiger partial charge in [-0.05, 0) is 36.4 Å². The van der Waals surface area contributed by atoms with Gasteiger partial charge in [0.25, 0.3) is 5.91 Å². The summed E-state index contributed by atoms with van der Waals surface area (Å²) in [5.74, 6) is -0.186. The Labute approximate surface area is 117 Å². The van der Waals surface area contributed by atoms with Crippen LogP contribution in [0.25, 0.3) is 0 Å². The maximum absolute atomic E-state index is 11.9. The number of hydrogen-bond donors (Lipinski definition) is 2. The summed E-state index contributed by atoms with van der Waals surface area (Å²) in [6.45, 7) is 0.678. The SMILES string of the molecule is CN(CCO)c1ccc(NC(=O)c2cccnc2)cc1. The lowest BCUT2D eigenvalue weighted by atomic mass is 10.2. The van der Waals surface area contributed by atoms with Crippen LogP contribution in [-0.4, -0.2) is 36.2 Å². The molecule has 0 fully saturated rings. The van der Waals surface area contributed by atoms with Crippen LogP contribution in [0.3, 0.4) is 0 Å². The highest BCUT2D eigenvalue weighted by Gasteiger charge is 2.06. The van der Waals surface area contributed by atoms with Crippen LogP contribution in [-0.2, 0) is 0 Å². The minimum atomic E-state index is -0.186. The van der Waals surface area contributed by atoms with Gasteiger partial charge in [-0.3, -0.25) is 9.78 Å². The van der Waals surface area contributed by atoms with Crippen LogP contribution in [0.15, 0.2) is 48.8 Å². The molecule has 1 aromatic carbocycles. The van der Waals surface area contributed by atoms with Gasteiger partial charge in [0, 0.05) is 37.4 Å². The van der Waals surface area contributed by atoms with E-state index in [1.165, 1.54) is 6.20 Å². The zero-order valence-electron chi connectivity index (χ0n) is 11.3. The van der Waals surface area contributed by atoms with E-state index in [1.54, 1.807) is 18.3 Å². The molecule has 0 spiro atoms. The molecule has 1 aromatic heterocycles. The first-order chi connectivity index (χ1) is 9.70. The van der Waals surface area contributed by atoms with Gasteiger partial charge in [0.05, 0.1) is 12.2 Å². The molecule has 20 heavy (non-hydrogen) atoms. The molecule has 1 amide bonds. The van der Waals surface area contributed by atoms with E-state index in [2.05, 4.69) is 10.3 Å². The van der Waals surface area contributed by atoms with Crippen LogP contribution in [0.5, 0.6) is 0 Å². The van der Waals surface area contributed by atoms with E-state index >= 15 is 0 Å². The summed E-state index contributed by atoms with van der Waals surface area (Å²) in [5, 5.41) is 11.7. The molecule has 0 aliphatic rings. The Hall–Kier alpha value is -2.40. The van der Waals surface area contributed by atoms with Crippen LogP contribution in [0, 0.1) is 0 Å². The summed E-state index contributed by atoms with van der Waals surface area (Å²) < 4.78 is 0. The molecule has 0 atom stereocenters. The lowest BCUT2D eigenvalue weighted by Gasteiger charge is -2.18. The second-order valence-corrected chi connectivity index (χ2v) is 4.39. The molecule has 2 aromatic rings. The van der Waals surface area contributed by atoms with Crippen LogP contribution < -0.4 is 10.2 Å². The standard InChI is InChI=1S/C15H17N3O2/c1-18(9-10-19)14-6-4-13(5-7-14)17-15(20)12-3-2-8-16-11-12/h2-8,11,19H,9-10H2,1H3,(H,17,20). The van der Waals surface area contributed by atoms with Crippen molar-refractivity contribution in [2.24, 2.45) is 0 Å². The first-order valence-electron chi connectivity index (χ1n) is 6.34. The zero-order valence-corrected chi connectivity index (χ0v) is 11.3. The van der Waals surface area contributed by atoms with E-state index < -0.39 is 0 Å². The quantitative estimate of drug-likeness (QED) is 0.869. The molecule has 104 valence electrons. The topological polar surface area (TPSA) is 65.5 Å². The molecule has 0 aliphatic carbocycles. The molecular formula is C15H17N3O2. The van der Waals surface area contributed by atoms with Crippen LogP contribution in [0.4, 0.5) is 11.4 Å². The first kappa shape index (κ1) is 14.0. The van der Waals surface area contributed by atoms with Gasteiger partial charge in [-0.2, -0.15) is 0 Å². The maximum Gasteiger partial charge on any atom is 0.257 e. The van der Waals surface area contributed by atoms with E-state index in [1.807, 2.05) is 36.2 Å². The Kier molecular flexibility index (Phi) is 4.68. The third-order valence-electron chi connectivity index (χ3n) is 2.93. The summed E-state index contributed by atoms with van der Waals surface area (Å²) in [6, 6.07) is 10.9. The number of aromatic nitrogens is 1. The molecule has 0 radical (unpaired) electrons. The number of aliphatic hydroxyl groups is 1. The fourth-order valence-corrected chi connectivity index (χ4v) is 1.78. The smallest absolute Gasteiger partial charge is 0.257 e. The van der Waals surface area contributed by atoms with Crippen LogP contribution >= 0.6 is 0 Å². The molecule has 0 saturated heterocycles. The van der Waals surface area contributed by atoms with Gasteiger partial charge < -0.3 is 15.3 Å². The summed E-state index contributed by atoms with van der Waals surface area (Å²) in [7, 11) is 1.90. The van der Waals surface area contributed by atoms with Gasteiger partial charge in [-0.1, -0.05) is 0 Å². The molecule has 2 N–H and O–H groups in total. The monoisotopic (exact) mass is 271 g/mol. The summed E-state index contributed by atoms with van der Waals surface area (Å²) in [5.41, 5.74) is 2.23. The predicted octanol–water partition coefficient (Wildman–Crippen LogP) is 1.76. The predicted molar refractivity (Wildman–Crippen MR) is 79.0 cm³/mol. The third kappa shape index (κ3) is 3.55. The summed E-state index contributed by atoms with van der Waals surface area (Å²) >= 11 is 0. The molecule has 1 heterocycles. The van der Waals surface area contributed by atoms with Crippen LogP contribution in [0.1, 0.15) is 10.4 Å².